The topological polar surface area (TPSA) is 102 Å². The summed E-state index contributed by atoms with van der Waals surface area (Å²) in [6.45, 7) is 5.85. The van der Waals surface area contributed by atoms with Crippen LogP contribution in [0.2, 0.25) is 0 Å². The molecular weight excluding hydrogens is 586 g/mol. The summed E-state index contributed by atoms with van der Waals surface area (Å²) in [5.74, 6) is 0.966. The second-order valence-corrected chi connectivity index (χ2v) is 12.5. The van der Waals surface area contributed by atoms with E-state index >= 15 is 0 Å². The third-order valence-corrected chi connectivity index (χ3v) is 9.13. The molecule has 2 heterocycles. The highest BCUT2D eigenvalue weighted by Crippen LogP contribution is 2.42. The summed E-state index contributed by atoms with van der Waals surface area (Å²) in [6.07, 6.45) is 5.88. The highest BCUT2D eigenvalue weighted by atomic mass is 32.2. The predicted molar refractivity (Wildman–Crippen MR) is 177 cm³/mol. The Balaban J connectivity index is 1.20. The van der Waals surface area contributed by atoms with Crippen LogP contribution < -0.4 is 9.64 Å². The van der Waals surface area contributed by atoms with E-state index in [1.165, 1.54) is 5.56 Å². The van der Waals surface area contributed by atoms with Gasteiger partial charge in [0.05, 0.1) is 25.0 Å². The summed E-state index contributed by atoms with van der Waals surface area (Å²) >= 11 is 1.77. The summed E-state index contributed by atoms with van der Waals surface area (Å²) in [5, 5.41) is 13.4. The van der Waals surface area contributed by atoms with E-state index < -0.39 is 5.97 Å². The molecule has 0 bridgehead atoms. The number of aryl methyl sites for hydroxylation is 1. The van der Waals surface area contributed by atoms with Gasteiger partial charge in [0.25, 0.3) is 0 Å². The number of hydrogen-bond donors (Lipinski definition) is 1. The second kappa shape index (κ2) is 15.1. The molecule has 5 rings (SSSR count). The lowest BCUT2D eigenvalue weighted by atomic mass is 10.0. The summed E-state index contributed by atoms with van der Waals surface area (Å²) in [7, 11) is 0. The number of benzene rings is 3. The molecule has 0 fully saturated rings. The zero-order valence-electron chi connectivity index (χ0n) is 25.8. The minimum absolute atomic E-state index is 0.00896. The molecular formula is C36H39N3O5S. The van der Waals surface area contributed by atoms with Crippen molar-refractivity contribution in [3.63, 3.8) is 0 Å². The van der Waals surface area contributed by atoms with Crippen molar-refractivity contribution in [3.8, 4) is 16.9 Å². The SMILES string of the molecule is Cc1cccc(OCCCC(=O)N2CCSc3c(-c4cnn(Cc5cccc(CC(=O)CCCC(=O)O)c5)c4)cccc32)c1C. The quantitative estimate of drug-likeness (QED) is 0.153. The fraction of sp³-hybridized carbons (Fsp3) is 0.333. The molecule has 0 aliphatic carbocycles. The average molecular weight is 626 g/mol. The third kappa shape index (κ3) is 8.42. The monoisotopic (exact) mass is 625 g/mol. The van der Waals surface area contributed by atoms with Crippen molar-refractivity contribution in [1.29, 1.82) is 0 Å². The number of rotatable bonds is 14. The molecule has 1 aromatic heterocycles. The Morgan fingerprint density at radius 3 is 2.60 bits per heavy atom. The number of aromatic nitrogens is 2. The Morgan fingerprint density at radius 2 is 1.76 bits per heavy atom. The minimum Gasteiger partial charge on any atom is -0.493 e. The summed E-state index contributed by atoms with van der Waals surface area (Å²) < 4.78 is 7.86. The van der Waals surface area contributed by atoms with Gasteiger partial charge in [0.2, 0.25) is 5.91 Å². The van der Waals surface area contributed by atoms with Crippen LogP contribution in [0.5, 0.6) is 5.75 Å². The van der Waals surface area contributed by atoms with Gasteiger partial charge in [-0.05, 0) is 61.1 Å². The number of carbonyl (C=O) groups is 3. The van der Waals surface area contributed by atoms with Gasteiger partial charge in [-0.3, -0.25) is 19.1 Å². The number of amides is 1. The number of thioether (sulfide) groups is 1. The summed E-state index contributed by atoms with van der Waals surface area (Å²) in [5.41, 5.74) is 7.25. The zero-order valence-corrected chi connectivity index (χ0v) is 26.6. The van der Waals surface area contributed by atoms with Crippen molar-refractivity contribution in [3.05, 3.63) is 95.3 Å². The standard InChI is InChI=1S/C36H39N3O5S/c1-25-8-3-14-33(26(25)2)44-18-7-15-34(41)39-17-19-45-36-31(12-6-13-32(36)39)29-22-37-38(24-29)23-28-10-4-9-27(20-28)21-30(40)11-5-16-35(42)43/h3-4,6,8-10,12-14,20,22,24H,5,7,11,15-19,21,23H2,1-2H3,(H,42,43). The molecule has 1 N–H and O–H groups in total. The first kappa shape index (κ1) is 32.0. The molecule has 234 valence electrons. The van der Waals surface area contributed by atoms with Crippen LogP contribution in [0.3, 0.4) is 0 Å². The fourth-order valence-corrected chi connectivity index (χ4v) is 6.67. The van der Waals surface area contributed by atoms with E-state index in [0.29, 0.717) is 45.4 Å². The first-order valence-corrected chi connectivity index (χ1v) is 16.4. The molecule has 8 nitrogen and oxygen atoms in total. The number of aliphatic carboxylic acids is 1. The number of carboxylic acids is 1. The van der Waals surface area contributed by atoms with E-state index in [4.69, 9.17) is 9.84 Å². The molecule has 9 heteroatoms. The largest absolute Gasteiger partial charge is 0.493 e. The molecule has 0 saturated carbocycles. The lowest BCUT2D eigenvalue weighted by Crippen LogP contribution is -2.35. The van der Waals surface area contributed by atoms with Crippen molar-refractivity contribution in [2.75, 3.05) is 23.8 Å². The Bertz CT molecular complexity index is 1680. The van der Waals surface area contributed by atoms with E-state index in [-0.39, 0.29) is 24.5 Å². The van der Waals surface area contributed by atoms with Crippen LogP contribution in [0.15, 0.2) is 78.0 Å². The molecule has 0 saturated heterocycles. The summed E-state index contributed by atoms with van der Waals surface area (Å²) in [4.78, 5) is 39.3. The molecule has 3 aromatic carbocycles. The van der Waals surface area contributed by atoms with Crippen molar-refractivity contribution >= 4 is 35.1 Å². The van der Waals surface area contributed by atoms with Crippen LogP contribution in [-0.2, 0) is 27.3 Å². The number of carbonyl (C=O) groups excluding carboxylic acids is 2. The van der Waals surface area contributed by atoms with Crippen LogP contribution in [0.1, 0.15) is 54.4 Å². The average Bonchev–Trinajstić information content (AvgIpc) is 3.48. The van der Waals surface area contributed by atoms with Crippen molar-refractivity contribution < 1.29 is 24.2 Å². The highest BCUT2D eigenvalue weighted by Gasteiger charge is 2.25. The number of Topliss-reactive ketones (excluding diaryl/α,β-unsaturated/α-hetero) is 1. The molecule has 1 amide bonds. The van der Waals surface area contributed by atoms with Crippen molar-refractivity contribution in [2.24, 2.45) is 0 Å². The second-order valence-electron chi connectivity index (χ2n) is 11.4. The van der Waals surface area contributed by atoms with E-state index in [9.17, 15) is 14.4 Å². The van der Waals surface area contributed by atoms with Crippen LogP contribution in [0, 0.1) is 13.8 Å². The first-order valence-electron chi connectivity index (χ1n) is 15.4. The van der Waals surface area contributed by atoms with E-state index in [1.807, 2.05) is 70.5 Å². The Labute approximate surface area is 268 Å². The predicted octanol–water partition coefficient (Wildman–Crippen LogP) is 6.88. The van der Waals surface area contributed by atoms with Crippen LogP contribution in [0.4, 0.5) is 5.69 Å². The van der Waals surface area contributed by atoms with Gasteiger partial charge < -0.3 is 14.7 Å². The molecule has 4 aromatic rings. The number of ketones is 1. The van der Waals surface area contributed by atoms with Gasteiger partial charge in [0.1, 0.15) is 11.5 Å². The molecule has 0 spiro atoms. The fourth-order valence-electron chi connectivity index (χ4n) is 5.52. The van der Waals surface area contributed by atoms with E-state index in [0.717, 1.165) is 49.9 Å². The molecule has 0 atom stereocenters. The molecule has 1 aliphatic rings. The van der Waals surface area contributed by atoms with E-state index in [2.05, 4.69) is 31.1 Å². The number of anilines is 1. The maximum absolute atomic E-state index is 13.3. The number of carboxylic acid groups (broad SMARTS) is 1. The van der Waals surface area contributed by atoms with Crippen LogP contribution in [0.25, 0.3) is 11.1 Å². The molecule has 0 unspecified atom stereocenters. The van der Waals surface area contributed by atoms with Gasteiger partial charge in [-0.1, -0.05) is 48.5 Å². The van der Waals surface area contributed by atoms with Gasteiger partial charge in [-0.25, -0.2) is 0 Å². The molecule has 45 heavy (non-hydrogen) atoms. The Morgan fingerprint density at radius 1 is 0.956 bits per heavy atom. The lowest BCUT2D eigenvalue weighted by molar-refractivity contribution is -0.137. The van der Waals surface area contributed by atoms with Gasteiger partial charge in [0.15, 0.2) is 0 Å². The van der Waals surface area contributed by atoms with Gasteiger partial charge in [0, 0.05) is 60.2 Å². The Hall–Kier alpha value is -4.37. The van der Waals surface area contributed by atoms with Gasteiger partial charge in [-0.2, -0.15) is 5.10 Å². The first-order chi connectivity index (χ1) is 21.8. The highest BCUT2D eigenvalue weighted by molar-refractivity contribution is 7.99. The smallest absolute Gasteiger partial charge is 0.303 e. The number of ether oxygens (including phenoxy) is 1. The normalized spacial score (nSPS) is 12.5. The number of fused-ring (bicyclic) bond motifs is 1. The number of hydrogen-bond acceptors (Lipinski definition) is 6. The number of nitrogens with zero attached hydrogens (tertiary/aromatic N) is 3. The van der Waals surface area contributed by atoms with Crippen LogP contribution >= 0.6 is 11.8 Å². The van der Waals surface area contributed by atoms with Gasteiger partial charge in [-0.15, -0.1) is 11.8 Å². The molecule has 1 aliphatic heterocycles. The van der Waals surface area contributed by atoms with Gasteiger partial charge >= 0.3 is 5.97 Å². The lowest BCUT2D eigenvalue weighted by Gasteiger charge is -2.30. The van der Waals surface area contributed by atoms with Crippen LogP contribution in [-0.4, -0.2) is 51.5 Å². The summed E-state index contributed by atoms with van der Waals surface area (Å²) in [6, 6.07) is 20.0. The van der Waals surface area contributed by atoms with Crippen molar-refractivity contribution in [2.45, 2.75) is 63.8 Å². The third-order valence-electron chi connectivity index (χ3n) is 8.02. The maximum Gasteiger partial charge on any atom is 0.303 e. The van der Waals surface area contributed by atoms with Crippen molar-refractivity contribution in [1.82, 2.24) is 9.78 Å². The zero-order chi connectivity index (χ0) is 31.8. The van der Waals surface area contributed by atoms with E-state index in [1.54, 1.807) is 11.8 Å². The molecule has 0 radical (unpaired) electrons. The maximum atomic E-state index is 13.3. The Kier molecular flexibility index (Phi) is 10.7. The minimum atomic E-state index is -0.880.